The molecule has 0 aromatic heterocycles. The second kappa shape index (κ2) is 3.88. The molecule has 13 heavy (non-hydrogen) atoms. The topological polar surface area (TPSA) is 12.5 Å². The Morgan fingerprint density at radius 1 is 1.38 bits per heavy atom. The number of hydrogen-bond donors (Lipinski definition) is 0. The van der Waals surface area contributed by atoms with Gasteiger partial charge in [-0.25, -0.2) is 0 Å². The molecular formula is C9H17F2NO. The maximum atomic E-state index is 12.0. The third kappa shape index (κ3) is 2.88. The lowest BCUT2D eigenvalue weighted by atomic mass is 10.1. The highest BCUT2D eigenvalue weighted by molar-refractivity contribution is 4.83. The van der Waals surface area contributed by atoms with Gasteiger partial charge in [-0.2, -0.15) is 8.78 Å². The Hall–Kier alpha value is -0.220. The predicted octanol–water partition coefficient (Wildman–Crippen LogP) is 2.45. The van der Waals surface area contributed by atoms with Crippen molar-refractivity contribution in [3.63, 3.8) is 0 Å². The Morgan fingerprint density at radius 3 is 2.46 bits per heavy atom. The zero-order valence-corrected chi connectivity index (χ0v) is 8.39. The van der Waals surface area contributed by atoms with Crippen LogP contribution in [0.1, 0.15) is 33.6 Å². The van der Waals surface area contributed by atoms with E-state index in [-0.39, 0.29) is 5.54 Å². The van der Waals surface area contributed by atoms with Crippen molar-refractivity contribution in [2.45, 2.75) is 52.0 Å². The van der Waals surface area contributed by atoms with Crippen molar-refractivity contribution in [2.75, 3.05) is 6.54 Å². The molecule has 0 N–H and O–H groups in total. The van der Waals surface area contributed by atoms with Gasteiger partial charge in [0, 0.05) is 12.1 Å². The van der Waals surface area contributed by atoms with Crippen molar-refractivity contribution in [1.82, 2.24) is 4.90 Å². The summed E-state index contributed by atoms with van der Waals surface area (Å²) in [4.78, 5) is 1.99. The zero-order chi connectivity index (χ0) is 10.1. The maximum Gasteiger partial charge on any atom is 0.346 e. The molecule has 0 aliphatic carbocycles. The molecule has 1 rings (SSSR count). The van der Waals surface area contributed by atoms with Crippen LogP contribution >= 0.6 is 0 Å². The van der Waals surface area contributed by atoms with Gasteiger partial charge in [-0.15, -0.1) is 0 Å². The van der Waals surface area contributed by atoms with E-state index in [1.807, 2.05) is 25.7 Å². The van der Waals surface area contributed by atoms with Crippen molar-refractivity contribution in [3.05, 3.63) is 0 Å². The molecule has 0 saturated carbocycles. The van der Waals surface area contributed by atoms with Crippen LogP contribution in [0, 0.1) is 0 Å². The van der Waals surface area contributed by atoms with Gasteiger partial charge in [0.25, 0.3) is 0 Å². The Bertz CT molecular complexity index is 167. The lowest BCUT2D eigenvalue weighted by molar-refractivity contribution is -0.205. The molecule has 78 valence electrons. The summed E-state index contributed by atoms with van der Waals surface area (Å²) < 4.78 is 28.5. The van der Waals surface area contributed by atoms with Gasteiger partial charge in [0.15, 0.2) is 0 Å². The molecule has 0 spiro atoms. The number of nitrogens with zero attached hydrogens (tertiary/aromatic N) is 1. The van der Waals surface area contributed by atoms with E-state index in [2.05, 4.69) is 4.74 Å². The highest BCUT2D eigenvalue weighted by Gasteiger charge is 2.34. The van der Waals surface area contributed by atoms with Crippen LogP contribution in [0.4, 0.5) is 8.78 Å². The predicted molar refractivity (Wildman–Crippen MR) is 46.6 cm³/mol. The molecule has 0 radical (unpaired) electrons. The Kier molecular flexibility index (Phi) is 3.24. The van der Waals surface area contributed by atoms with E-state index < -0.39 is 12.8 Å². The lowest BCUT2D eigenvalue weighted by Crippen LogP contribution is -2.46. The third-order valence-corrected chi connectivity index (χ3v) is 2.32. The van der Waals surface area contributed by atoms with Crippen LogP contribution in [0.15, 0.2) is 0 Å². The normalized spacial score (nSPS) is 25.8. The molecule has 1 aliphatic heterocycles. The first-order valence-corrected chi connectivity index (χ1v) is 4.61. The van der Waals surface area contributed by atoms with Crippen LogP contribution in [0.25, 0.3) is 0 Å². The number of hydrogen-bond acceptors (Lipinski definition) is 2. The minimum Gasteiger partial charge on any atom is -0.304 e. The van der Waals surface area contributed by atoms with Crippen LogP contribution in [0.5, 0.6) is 0 Å². The number of halogens is 2. The van der Waals surface area contributed by atoms with E-state index in [4.69, 9.17) is 0 Å². The summed E-state index contributed by atoms with van der Waals surface area (Å²) in [6.07, 6.45) is 1.25. The number of rotatable bonds is 2. The summed E-state index contributed by atoms with van der Waals surface area (Å²) >= 11 is 0. The summed E-state index contributed by atoms with van der Waals surface area (Å²) in [5, 5.41) is 0. The number of ether oxygens (including phenoxy) is 1. The molecular weight excluding hydrogens is 176 g/mol. The average molecular weight is 193 g/mol. The lowest BCUT2D eigenvalue weighted by Gasteiger charge is -2.36. The van der Waals surface area contributed by atoms with Crippen LogP contribution in [-0.2, 0) is 4.74 Å². The van der Waals surface area contributed by atoms with Crippen LogP contribution in [-0.4, -0.2) is 29.8 Å². The molecule has 0 amide bonds. The van der Waals surface area contributed by atoms with E-state index in [0.29, 0.717) is 6.42 Å². The highest BCUT2D eigenvalue weighted by atomic mass is 19.3. The molecule has 1 saturated heterocycles. The summed E-state index contributed by atoms with van der Waals surface area (Å²) in [7, 11) is 0. The highest BCUT2D eigenvalue weighted by Crippen LogP contribution is 2.27. The molecule has 1 fully saturated rings. The smallest absolute Gasteiger partial charge is 0.304 e. The van der Waals surface area contributed by atoms with E-state index in [1.165, 1.54) is 0 Å². The monoisotopic (exact) mass is 193 g/mol. The van der Waals surface area contributed by atoms with Gasteiger partial charge >= 0.3 is 6.61 Å². The van der Waals surface area contributed by atoms with Crippen molar-refractivity contribution in [3.8, 4) is 0 Å². The van der Waals surface area contributed by atoms with Gasteiger partial charge in [0.1, 0.15) is 6.23 Å². The maximum absolute atomic E-state index is 12.0. The van der Waals surface area contributed by atoms with Gasteiger partial charge < -0.3 is 4.74 Å². The quantitative estimate of drug-likeness (QED) is 0.668. The molecule has 0 unspecified atom stereocenters. The van der Waals surface area contributed by atoms with E-state index in [0.717, 1.165) is 13.0 Å². The molecule has 1 aliphatic rings. The number of likely N-dealkylation sites (tertiary alicyclic amines) is 1. The van der Waals surface area contributed by atoms with Gasteiger partial charge in [0.05, 0.1) is 0 Å². The zero-order valence-electron chi connectivity index (χ0n) is 8.39. The van der Waals surface area contributed by atoms with Gasteiger partial charge in [0.2, 0.25) is 0 Å². The largest absolute Gasteiger partial charge is 0.346 e. The van der Waals surface area contributed by atoms with E-state index in [9.17, 15) is 8.78 Å². The fraction of sp³-hybridized carbons (Fsp3) is 1.00. The minimum absolute atomic E-state index is 0.0872. The second-order valence-corrected chi connectivity index (χ2v) is 4.36. The van der Waals surface area contributed by atoms with Crippen molar-refractivity contribution in [2.24, 2.45) is 0 Å². The van der Waals surface area contributed by atoms with E-state index >= 15 is 0 Å². The Labute approximate surface area is 77.9 Å². The summed E-state index contributed by atoms with van der Waals surface area (Å²) in [5.74, 6) is 0. The Balaban J connectivity index is 2.54. The van der Waals surface area contributed by atoms with Crippen molar-refractivity contribution < 1.29 is 13.5 Å². The molecule has 0 aromatic carbocycles. The van der Waals surface area contributed by atoms with Crippen LogP contribution in [0.2, 0.25) is 0 Å². The first-order valence-electron chi connectivity index (χ1n) is 4.61. The number of alkyl halides is 2. The first kappa shape index (κ1) is 10.9. The fourth-order valence-electron chi connectivity index (χ4n) is 1.76. The molecule has 4 heteroatoms. The molecule has 0 aromatic rings. The summed E-state index contributed by atoms with van der Waals surface area (Å²) in [5.41, 5.74) is -0.0872. The molecule has 1 atom stereocenters. The van der Waals surface area contributed by atoms with Gasteiger partial charge in [-0.3, -0.25) is 4.90 Å². The third-order valence-electron chi connectivity index (χ3n) is 2.32. The standard InChI is InChI=1S/C9H17F2NO/c1-9(2,3)12-6-4-5-7(12)13-8(10)11/h7-8H,4-6H2,1-3H3/t7-/m0/s1. The van der Waals surface area contributed by atoms with Gasteiger partial charge in [-0.05, 0) is 33.6 Å². The second-order valence-electron chi connectivity index (χ2n) is 4.36. The molecule has 0 bridgehead atoms. The van der Waals surface area contributed by atoms with Crippen LogP contribution in [0.3, 0.4) is 0 Å². The fourth-order valence-corrected chi connectivity index (χ4v) is 1.76. The van der Waals surface area contributed by atoms with Crippen LogP contribution < -0.4 is 0 Å². The minimum atomic E-state index is -2.66. The Morgan fingerprint density at radius 2 is 2.00 bits per heavy atom. The summed E-state index contributed by atoms with van der Waals surface area (Å²) in [6.45, 7) is 4.23. The average Bonchev–Trinajstić information content (AvgIpc) is 2.31. The SMILES string of the molecule is CC(C)(C)N1CCC[C@@H]1OC(F)F. The summed E-state index contributed by atoms with van der Waals surface area (Å²) in [6, 6.07) is 0. The van der Waals surface area contributed by atoms with Gasteiger partial charge in [-0.1, -0.05) is 0 Å². The molecule has 1 heterocycles. The first-order chi connectivity index (χ1) is 5.91. The van der Waals surface area contributed by atoms with Crippen molar-refractivity contribution in [1.29, 1.82) is 0 Å². The van der Waals surface area contributed by atoms with E-state index in [1.54, 1.807) is 0 Å². The van der Waals surface area contributed by atoms with Crippen molar-refractivity contribution >= 4 is 0 Å². The molecule has 2 nitrogen and oxygen atoms in total.